The summed E-state index contributed by atoms with van der Waals surface area (Å²) in [4.78, 5) is 27.3. The average molecular weight is 502 g/mol. The number of carbonyl (C=O) groups excluding carboxylic acids is 2. The zero-order chi connectivity index (χ0) is 25.2. The van der Waals surface area contributed by atoms with Crippen molar-refractivity contribution >= 4 is 27.4 Å². The van der Waals surface area contributed by atoms with Crippen molar-refractivity contribution in [3.8, 4) is 5.75 Å². The van der Waals surface area contributed by atoms with Crippen LogP contribution < -0.4 is 9.64 Å². The Kier molecular flexibility index (Phi) is 6.83. The van der Waals surface area contributed by atoms with E-state index in [0.717, 1.165) is 17.0 Å². The third-order valence-electron chi connectivity index (χ3n) is 5.63. The fourth-order valence-corrected chi connectivity index (χ4v) is 5.76. The van der Waals surface area contributed by atoms with Gasteiger partial charge in [0.2, 0.25) is 0 Å². The standard InChI is InChI=1S/C25H21F2NO6S/c1-33-17-12-10-16(11-13-17)28(24(29)18-6-2-4-8-20(18)26)22-14-35(31,32)15-23(22)34-25(30)19-7-3-5-9-21(19)27/h2-13,22-23H,14-15H2,1H3/t22-,23+/m1/s1. The number of anilines is 1. The van der Waals surface area contributed by atoms with Crippen LogP contribution in [0.15, 0.2) is 72.8 Å². The zero-order valence-electron chi connectivity index (χ0n) is 18.6. The van der Waals surface area contributed by atoms with Crippen molar-refractivity contribution in [2.75, 3.05) is 23.5 Å². The van der Waals surface area contributed by atoms with E-state index in [1.165, 1.54) is 55.6 Å². The zero-order valence-corrected chi connectivity index (χ0v) is 19.4. The summed E-state index contributed by atoms with van der Waals surface area (Å²) in [5, 5.41) is 0. The summed E-state index contributed by atoms with van der Waals surface area (Å²) in [6.07, 6.45) is -1.31. The smallest absolute Gasteiger partial charge is 0.341 e. The number of nitrogens with zero attached hydrogens (tertiary/aromatic N) is 1. The molecule has 0 unspecified atom stereocenters. The Labute approximate surface area is 200 Å². The van der Waals surface area contributed by atoms with Gasteiger partial charge in [-0.15, -0.1) is 0 Å². The predicted molar refractivity (Wildman–Crippen MR) is 124 cm³/mol. The number of hydrogen-bond acceptors (Lipinski definition) is 6. The number of hydrogen-bond donors (Lipinski definition) is 0. The van der Waals surface area contributed by atoms with Crippen LogP contribution in [0.5, 0.6) is 5.75 Å². The van der Waals surface area contributed by atoms with Crippen molar-refractivity contribution in [2.24, 2.45) is 0 Å². The van der Waals surface area contributed by atoms with Gasteiger partial charge in [-0.25, -0.2) is 22.0 Å². The number of rotatable bonds is 6. The molecule has 3 aromatic rings. The largest absolute Gasteiger partial charge is 0.497 e. The molecule has 0 spiro atoms. The molecule has 0 bridgehead atoms. The number of halogens is 2. The van der Waals surface area contributed by atoms with Crippen LogP contribution >= 0.6 is 0 Å². The molecule has 1 amide bonds. The van der Waals surface area contributed by atoms with Gasteiger partial charge in [-0.05, 0) is 48.5 Å². The van der Waals surface area contributed by atoms with Gasteiger partial charge in [0.25, 0.3) is 5.91 Å². The third-order valence-corrected chi connectivity index (χ3v) is 7.32. The minimum absolute atomic E-state index is 0.244. The van der Waals surface area contributed by atoms with E-state index in [4.69, 9.17) is 9.47 Å². The minimum atomic E-state index is -3.76. The number of esters is 1. The van der Waals surface area contributed by atoms with Gasteiger partial charge in [0.1, 0.15) is 23.5 Å². The van der Waals surface area contributed by atoms with E-state index in [1.54, 1.807) is 12.1 Å². The summed E-state index contributed by atoms with van der Waals surface area (Å²) in [6.45, 7) is 0. The van der Waals surface area contributed by atoms with E-state index >= 15 is 0 Å². The number of methoxy groups -OCH3 is 1. The normalized spacial score (nSPS) is 18.6. The first-order valence-corrected chi connectivity index (χ1v) is 12.4. The molecular formula is C25H21F2NO6S. The molecule has 0 aromatic heterocycles. The molecule has 3 aromatic carbocycles. The lowest BCUT2D eigenvalue weighted by Gasteiger charge is -2.32. The van der Waals surface area contributed by atoms with E-state index in [-0.39, 0.29) is 16.8 Å². The molecule has 2 atom stereocenters. The van der Waals surface area contributed by atoms with Crippen molar-refractivity contribution in [3.63, 3.8) is 0 Å². The highest BCUT2D eigenvalue weighted by molar-refractivity contribution is 7.91. The molecule has 1 fully saturated rings. The van der Waals surface area contributed by atoms with Crippen LogP contribution in [-0.4, -0.2) is 51.1 Å². The number of carbonyl (C=O) groups is 2. The van der Waals surface area contributed by atoms with Gasteiger partial charge < -0.3 is 14.4 Å². The second-order valence-electron chi connectivity index (χ2n) is 7.92. The van der Waals surface area contributed by atoms with Gasteiger partial charge >= 0.3 is 5.97 Å². The number of sulfone groups is 1. The van der Waals surface area contributed by atoms with Gasteiger partial charge in [0, 0.05) is 5.69 Å². The highest BCUT2D eigenvalue weighted by Crippen LogP contribution is 2.31. The van der Waals surface area contributed by atoms with Crippen molar-refractivity contribution in [1.82, 2.24) is 0 Å². The molecule has 4 rings (SSSR count). The Balaban J connectivity index is 1.76. The van der Waals surface area contributed by atoms with Crippen LogP contribution in [-0.2, 0) is 14.6 Å². The maximum Gasteiger partial charge on any atom is 0.341 e. The number of ether oxygens (including phenoxy) is 2. The van der Waals surface area contributed by atoms with Gasteiger partial charge in [-0.2, -0.15) is 0 Å². The highest BCUT2D eigenvalue weighted by atomic mass is 32.2. The first kappa shape index (κ1) is 24.3. The highest BCUT2D eigenvalue weighted by Gasteiger charge is 2.46. The molecule has 7 nitrogen and oxygen atoms in total. The first-order chi connectivity index (χ1) is 16.7. The second-order valence-corrected chi connectivity index (χ2v) is 10.1. The molecule has 0 aliphatic carbocycles. The quantitative estimate of drug-likeness (QED) is 0.479. The Bertz CT molecular complexity index is 1360. The van der Waals surface area contributed by atoms with Gasteiger partial charge in [-0.3, -0.25) is 4.79 Å². The van der Waals surface area contributed by atoms with Crippen molar-refractivity contribution in [3.05, 3.63) is 95.6 Å². The first-order valence-electron chi connectivity index (χ1n) is 10.6. The fraction of sp³-hybridized carbons (Fsp3) is 0.200. The van der Waals surface area contributed by atoms with Crippen molar-refractivity contribution < 1.29 is 36.3 Å². The number of amides is 1. The van der Waals surface area contributed by atoms with Crippen molar-refractivity contribution in [2.45, 2.75) is 12.1 Å². The Hall–Kier alpha value is -3.79. The van der Waals surface area contributed by atoms with Gasteiger partial charge in [0.05, 0.1) is 35.8 Å². The molecule has 182 valence electrons. The SMILES string of the molecule is COc1ccc(N(C(=O)c2ccccc2F)[C@@H]2CS(=O)(=O)C[C@@H]2OC(=O)c2ccccc2F)cc1. The van der Waals surface area contributed by atoms with E-state index in [0.29, 0.717) is 5.75 Å². The second kappa shape index (κ2) is 9.83. The lowest BCUT2D eigenvalue weighted by Crippen LogP contribution is -2.48. The predicted octanol–water partition coefficient (Wildman–Crippen LogP) is 3.64. The summed E-state index contributed by atoms with van der Waals surface area (Å²) in [5.74, 6) is -4.14. The molecule has 1 aliphatic heterocycles. The van der Waals surface area contributed by atoms with Crippen LogP contribution in [0.3, 0.4) is 0 Å². The molecule has 10 heteroatoms. The lowest BCUT2D eigenvalue weighted by molar-refractivity contribution is 0.0309. The number of benzene rings is 3. The maximum absolute atomic E-state index is 14.5. The minimum Gasteiger partial charge on any atom is -0.497 e. The molecule has 1 heterocycles. The summed E-state index contributed by atoms with van der Waals surface area (Å²) >= 11 is 0. The molecular weight excluding hydrogens is 480 g/mol. The van der Waals surface area contributed by atoms with Crippen LogP contribution in [0, 0.1) is 11.6 Å². The third kappa shape index (κ3) is 5.17. The van der Waals surface area contributed by atoms with E-state index in [9.17, 15) is 26.8 Å². The van der Waals surface area contributed by atoms with Gasteiger partial charge in [-0.1, -0.05) is 24.3 Å². The Morgan fingerprint density at radius 1 is 0.857 bits per heavy atom. The van der Waals surface area contributed by atoms with Crippen LogP contribution in [0.2, 0.25) is 0 Å². The molecule has 0 saturated carbocycles. The molecule has 1 saturated heterocycles. The molecule has 1 aliphatic rings. The van der Waals surface area contributed by atoms with Crippen LogP contribution in [0.4, 0.5) is 14.5 Å². The van der Waals surface area contributed by atoms with Crippen LogP contribution in [0.1, 0.15) is 20.7 Å². The van der Waals surface area contributed by atoms with E-state index in [2.05, 4.69) is 0 Å². The summed E-state index contributed by atoms with van der Waals surface area (Å²) < 4.78 is 64.4. The lowest BCUT2D eigenvalue weighted by atomic mass is 10.1. The fourth-order valence-electron chi connectivity index (χ4n) is 3.94. The van der Waals surface area contributed by atoms with E-state index in [1.807, 2.05) is 0 Å². The molecule has 0 N–H and O–H groups in total. The van der Waals surface area contributed by atoms with E-state index < -0.39 is 57.0 Å². The summed E-state index contributed by atoms with van der Waals surface area (Å²) in [5.41, 5.74) is -0.410. The monoisotopic (exact) mass is 501 g/mol. The average Bonchev–Trinajstić information content (AvgIpc) is 3.13. The summed E-state index contributed by atoms with van der Waals surface area (Å²) in [7, 11) is -2.30. The van der Waals surface area contributed by atoms with Crippen molar-refractivity contribution in [1.29, 1.82) is 0 Å². The molecule has 0 radical (unpaired) electrons. The topological polar surface area (TPSA) is 90.0 Å². The molecule has 35 heavy (non-hydrogen) atoms. The van der Waals surface area contributed by atoms with Gasteiger partial charge in [0.15, 0.2) is 9.84 Å². The van der Waals surface area contributed by atoms with Crippen LogP contribution in [0.25, 0.3) is 0 Å². The Morgan fingerprint density at radius 2 is 1.43 bits per heavy atom. The summed E-state index contributed by atoms with van der Waals surface area (Å²) in [6, 6.07) is 15.4. The Morgan fingerprint density at radius 3 is 2.00 bits per heavy atom. The maximum atomic E-state index is 14.5.